The van der Waals surface area contributed by atoms with Gasteiger partial charge in [-0.2, -0.15) is 0 Å². The molecule has 4 heteroatoms. The summed E-state index contributed by atoms with van der Waals surface area (Å²) in [4.78, 5) is 5.47. The van der Waals surface area contributed by atoms with Crippen LogP contribution in [0.1, 0.15) is 66.8 Å². The molecule has 18 aromatic rings. The lowest BCUT2D eigenvalue weighted by Gasteiger charge is -2.46. The number of nitrogens with zero attached hydrogens (tertiary/aromatic N) is 3. The topological polar surface area (TPSA) is 11.4 Å². The Balaban J connectivity index is 0.833. The lowest BCUT2D eigenvalue weighted by molar-refractivity contribution is 0.793. The number of anilines is 6. The second-order valence-corrected chi connectivity index (χ2v) is 31.0. The third-order valence-electron chi connectivity index (χ3n) is 26.6. The summed E-state index contributed by atoms with van der Waals surface area (Å²) in [5.74, 6) is 0. The average Bonchev–Trinajstić information content (AvgIpc) is 1.55. The SMILES string of the molecule is c1ccc(-c2ccc3c(c2)B2c4c(cc(-n5c6ccccc6c6ccccc65)cc4N3c3cccc4c3-c3ccccc3C43c4ccccc4-c4ccccc43)N(c3ccc4c(c3)-c3ccccc3C43c4ccccc4-c4ccccc43)c3ccc4c(c32)-c2ccccc2C42c3ccccc3-c3ccccc32)cc1. The number of hydrogen-bond donors (Lipinski definition) is 0. The van der Waals surface area contributed by atoms with Gasteiger partial charge in [0.05, 0.1) is 38.7 Å². The van der Waals surface area contributed by atoms with Crippen molar-refractivity contribution in [3.05, 3.63) is 443 Å². The summed E-state index contributed by atoms with van der Waals surface area (Å²) in [6.07, 6.45) is 0. The molecule has 0 saturated carbocycles. The maximum atomic E-state index is 2.74. The third kappa shape index (κ3) is 6.92. The van der Waals surface area contributed by atoms with Gasteiger partial charge in [0.2, 0.25) is 0 Å². The van der Waals surface area contributed by atoms with Crippen LogP contribution in [0.4, 0.5) is 34.1 Å². The van der Waals surface area contributed by atoms with Gasteiger partial charge in [0, 0.05) is 44.8 Å². The van der Waals surface area contributed by atoms with Crippen molar-refractivity contribution in [2.24, 2.45) is 0 Å². The predicted octanol–water partition coefficient (Wildman–Crippen LogP) is 23.6. The fourth-order valence-corrected chi connectivity index (χ4v) is 22.9. The monoisotopic (exact) mass is 1380 g/mol. The molecule has 0 N–H and O–H groups in total. The van der Waals surface area contributed by atoms with E-state index in [4.69, 9.17) is 0 Å². The van der Waals surface area contributed by atoms with Crippen LogP contribution in [0.15, 0.2) is 376 Å². The maximum Gasteiger partial charge on any atom is 0.252 e. The number of benzene rings is 17. The average molecular weight is 1380 g/mol. The van der Waals surface area contributed by atoms with Gasteiger partial charge >= 0.3 is 0 Å². The zero-order chi connectivity index (χ0) is 70.7. The predicted molar refractivity (Wildman–Crippen MR) is 449 cm³/mol. The quantitative estimate of drug-likeness (QED) is 0.163. The Morgan fingerprint density at radius 3 is 1.09 bits per heavy atom. The van der Waals surface area contributed by atoms with E-state index in [1.165, 1.54) is 177 Å². The zero-order valence-corrected chi connectivity index (χ0v) is 59.2. The van der Waals surface area contributed by atoms with Crippen molar-refractivity contribution in [2.75, 3.05) is 9.80 Å². The van der Waals surface area contributed by atoms with E-state index in [1.807, 2.05) is 0 Å². The Morgan fingerprint density at radius 1 is 0.202 bits per heavy atom. The number of hydrogen-bond acceptors (Lipinski definition) is 2. The maximum absolute atomic E-state index is 2.74. The van der Waals surface area contributed by atoms with Gasteiger partial charge in [0.15, 0.2) is 0 Å². The highest BCUT2D eigenvalue weighted by molar-refractivity contribution is 7.01. The van der Waals surface area contributed by atoms with Gasteiger partial charge in [0.1, 0.15) is 0 Å². The first-order chi connectivity index (χ1) is 54.1. The van der Waals surface area contributed by atoms with E-state index in [9.17, 15) is 0 Å². The van der Waals surface area contributed by atoms with Crippen LogP contribution in [-0.2, 0) is 16.2 Å². The van der Waals surface area contributed by atoms with Crippen molar-refractivity contribution in [2.45, 2.75) is 16.2 Å². The van der Waals surface area contributed by atoms with Crippen molar-refractivity contribution >= 4 is 79.0 Å². The van der Waals surface area contributed by atoms with E-state index in [2.05, 4.69) is 390 Å². The summed E-state index contributed by atoms with van der Waals surface area (Å²) in [7, 11) is 0. The second kappa shape index (κ2) is 20.8. The number of aromatic nitrogens is 1. The molecule has 0 radical (unpaired) electrons. The van der Waals surface area contributed by atoms with E-state index in [1.54, 1.807) is 0 Å². The summed E-state index contributed by atoms with van der Waals surface area (Å²) in [6, 6.07) is 146. The molecule has 0 fully saturated rings. The highest BCUT2D eigenvalue weighted by Crippen LogP contribution is 2.68. The van der Waals surface area contributed by atoms with E-state index >= 15 is 0 Å². The van der Waals surface area contributed by atoms with Crippen molar-refractivity contribution in [1.29, 1.82) is 0 Å². The summed E-state index contributed by atoms with van der Waals surface area (Å²) >= 11 is 0. The Labute approximate surface area is 631 Å². The van der Waals surface area contributed by atoms with Gasteiger partial charge in [-0.3, -0.25) is 0 Å². The Bertz CT molecular complexity index is 6980. The number of para-hydroxylation sites is 2. The normalized spacial score (nSPS) is 15.0. The second-order valence-electron chi connectivity index (χ2n) is 31.0. The Kier molecular flexibility index (Phi) is 11.2. The molecule has 3 spiro atoms. The smallest absolute Gasteiger partial charge is 0.252 e. The molecule has 26 rings (SSSR count). The molecule has 3 nitrogen and oxygen atoms in total. The lowest BCUT2D eigenvalue weighted by Crippen LogP contribution is -2.62. The lowest BCUT2D eigenvalue weighted by atomic mass is 9.32. The molecule has 17 aromatic carbocycles. The number of rotatable bonds is 4. The third-order valence-corrected chi connectivity index (χ3v) is 26.6. The summed E-state index contributed by atoms with van der Waals surface area (Å²) < 4.78 is 2.57. The van der Waals surface area contributed by atoms with Gasteiger partial charge in [-0.05, 0) is 210 Å². The van der Waals surface area contributed by atoms with Gasteiger partial charge < -0.3 is 14.4 Å². The standard InChI is InChI=1S/C105H62BN3/c1-2-27-63(28-3-1)64-53-57-94-91(59-64)106-101-97(61-66(108-92-50-24-13-36-74(92)75-37-14-25-51-93(75)108)62-98(101)109(94)95-52-26-49-89-99(95)76-38-11-22-47-86(76)104(89)81-42-17-6-31-69(81)70-32-7-18-43-82(70)104)107(65-54-55-88-78(60-65)73-35-10-21-46-85(73)103(88)79-40-15-4-29-67(79)68-30-5-16-41-80(68)103)96-58-56-90-100(102(96)106)77-39-12-23-48-87(77)105(90)83-44-19-8-33-71(83)72-34-9-20-45-84(72)105/h1-62H. The minimum Gasteiger partial charge on any atom is -0.311 e. The van der Waals surface area contributed by atoms with E-state index < -0.39 is 16.2 Å². The summed E-state index contributed by atoms with van der Waals surface area (Å²) in [6.45, 7) is -0.294. The highest BCUT2D eigenvalue weighted by Gasteiger charge is 2.58. The van der Waals surface area contributed by atoms with Gasteiger partial charge in [-0.15, -0.1) is 0 Å². The van der Waals surface area contributed by atoms with Crippen LogP contribution in [0.5, 0.6) is 0 Å². The van der Waals surface area contributed by atoms with Gasteiger partial charge in [-0.1, -0.05) is 322 Å². The zero-order valence-electron chi connectivity index (χ0n) is 59.2. The molecule has 0 saturated heterocycles. The molecule has 3 heterocycles. The van der Waals surface area contributed by atoms with Crippen LogP contribution >= 0.6 is 0 Å². The minimum absolute atomic E-state index is 0.294. The first-order valence-corrected chi connectivity index (χ1v) is 38.4. The van der Waals surface area contributed by atoms with Crippen LogP contribution < -0.4 is 26.2 Å². The van der Waals surface area contributed by atoms with Crippen LogP contribution in [0, 0.1) is 0 Å². The molecular weight excluding hydrogens is 1310 g/mol. The summed E-state index contributed by atoms with van der Waals surface area (Å²) in [5.41, 5.74) is 46.0. The molecular formula is C105H62BN3. The van der Waals surface area contributed by atoms with Gasteiger partial charge in [-0.25, -0.2) is 0 Å². The molecule has 500 valence electrons. The number of fused-ring (bicyclic) bond motifs is 38. The fraction of sp³-hybridized carbons (Fsp3) is 0.0286. The van der Waals surface area contributed by atoms with E-state index in [0.29, 0.717) is 0 Å². The Morgan fingerprint density at radius 2 is 0.578 bits per heavy atom. The van der Waals surface area contributed by atoms with Crippen LogP contribution in [-0.4, -0.2) is 11.3 Å². The van der Waals surface area contributed by atoms with Gasteiger partial charge in [0.25, 0.3) is 6.71 Å². The van der Waals surface area contributed by atoms with E-state index in [-0.39, 0.29) is 6.71 Å². The first-order valence-electron chi connectivity index (χ1n) is 38.4. The Hall–Kier alpha value is -13.8. The van der Waals surface area contributed by atoms with Crippen LogP contribution in [0.25, 0.3) is 105 Å². The fourth-order valence-electron chi connectivity index (χ4n) is 22.9. The van der Waals surface area contributed by atoms with Crippen molar-refractivity contribution in [3.63, 3.8) is 0 Å². The molecule has 0 amide bonds. The molecule has 0 atom stereocenters. The van der Waals surface area contributed by atoms with Crippen molar-refractivity contribution in [1.82, 2.24) is 4.57 Å². The first kappa shape index (κ1) is 58.5. The molecule has 109 heavy (non-hydrogen) atoms. The van der Waals surface area contributed by atoms with Crippen molar-refractivity contribution < 1.29 is 0 Å². The highest BCUT2D eigenvalue weighted by atomic mass is 15.2. The molecule has 0 unspecified atom stereocenters. The summed E-state index contributed by atoms with van der Waals surface area (Å²) in [5, 5.41) is 2.44. The minimum atomic E-state index is -0.608. The van der Waals surface area contributed by atoms with Crippen molar-refractivity contribution in [3.8, 4) is 83.6 Å². The van der Waals surface area contributed by atoms with Crippen LogP contribution in [0.2, 0.25) is 0 Å². The molecule has 6 aliphatic carbocycles. The molecule has 8 aliphatic rings. The largest absolute Gasteiger partial charge is 0.311 e. The molecule has 2 aliphatic heterocycles. The molecule has 1 aromatic heterocycles. The van der Waals surface area contributed by atoms with Crippen LogP contribution in [0.3, 0.4) is 0 Å². The molecule has 0 bridgehead atoms. The van der Waals surface area contributed by atoms with E-state index in [0.717, 1.165) is 45.2 Å².